The molecule has 12 heteroatoms. The molecule has 0 aliphatic heterocycles. The standard InChI is InChI=1S/C18H17F7N4O/c1-26-16(29-9-12-2-3-13(19)7-14(12)18(23,24)25)28-8-11-4-5-27-15(6-11)30-10-17(20,21)22/h2-7H,8-10H2,1H3,(H2,26,28,29). The van der Waals surface area contributed by atoms with Crippen molar-refractivity contribution in [2.45, 2.75) is 25.4 Å². The molecule has 0 spiro atoms. The van der Waals surface area contributed by atoms with Crippen LogP contribution in [0.2, 0.25) is 0 Å². The lowest BCUT2D eigenvalue weighted by Crippen LogP contribution is -2.36. The van der Waals surface area contributed by atoms with Crippen molar-refractivity contribution in [1.82, 2.24) is 15.6 Å². The third kappa shape index (κ3) is 7.41. The number of hydrogen-bond donors (Lipinski definition) is 2. The summed E-state index contributed by atoms with van der Waals surface area (Å²) in [6.45, 7) is -1.69. The number of nitrogens with one attached hydrogen (secondary N) is 2. The van der Waals surface area contributed by atoms with Crippen molar-refractivity contribution < 1.29 is 35.5 Å². The number of alkyl halides is 6. The van der Waals surface area contributed by atoms with Gasteiger partial charge < -0.3 is 15.4 Å². The maximum Gasteiger partial charge on any atom is 0.422 e. The molecule has 0 saturated heterocycles. The fourth-order valence-electron chi connectivity index (χ4n) is 2.35. The Bertz CT molecular complexity index is 882. The summed E-state index contributed by atoms with van der Waals surface area (Å²) >= 11 is 0. The largest absolute Gasteiger partial charge is 0.468 e. The molecule has 0 bridgehead atoms. The van der Waals surface area contributed by atoms with Crippen molar-refractivity contribution in [3.8, 4) is 5.88 Å². The first-order chi connectivity index (χ1) is 14.0. The molecular weight excluding hydrogens is 421 g/mol. The molecule has 0 atom stereocenters. The van der Waals surface area contributed by atoms with Gasteiger partial charge >= 0.3 is 12.4 Å². The number of hydrogen-bond acceptors (Lipinski definition) is 3. The summed E-state index contributed by atoms with van der Waals surface area (Å²) in [5, 5.41) is 5.47. The lowest BCUT2D eigenvalue weighted by Gasteiger charge is -2.16. The van der Waals surface area contributed by atoms with Crippen LogP contribution in [0.4, 0.5) is 30.7 Å². The fourth-order valence-corrected chi connectivity index (χ4v) is 2.35. The molecule has 1 aromatic heterocycles. The van der Waals surface area contributed by atoms with Crippen LogP contribution in [0.5, 0.6) is 5.88 Å². The Hall–Kier alpha value is -3.05. The smallest absolute Gasteiger partial charge is 0.422 e. The molecular formula is C18H17F7N4O. The summed E-state index contributed by atoms with van der Waals surface area (Å²) in [6, 6.07) is 5.15. The van der Waals surface area contributed by atoms with E-state index in [1.165, 1.54) is 25.4 Å². The highest BCUT2D eigenvalue weighted by Crippen LogP contribution is 2.32. The Morgan fingerprint density at radius 3 is 2.37 bits per heavy atom. The summed E-state index contributed by atoms with van der Waals surface area (Å²) in [7, 11) is 1.38. The lowest BCUT2D eigenvalue weighted by molar-refractivity contribution is -0.154. The van der Waals surface area contributed by atoms with E-state index < -0.39 is 30.3 Å². The normalized spacial score (nSPS) is 12.6. The van der Waals surface area contributed by atoms with Crippen LogP contribution in [0, 0.1) is 5.82 Å². The van der Waals surface area contributed by atoms with Crippen molar-refractivity contribution in [3.63, 3.8) is 0 Å². The highest BCUT2D eigenvalue weighted by Gasteiger charge is 2.33. The van der Waals surface area contributed by atoms with E-state index >= 15 is 0 Å². The number of rotatable bonds is 6. The van der Waals surface area contributed by atoms with E-state index in [9.17, 15) is 30.7 Å². The molecule has 0 fully saturated rings. The van der Waals surface area contributed by atoms with Gasteiger partial charge in [-0.3, -0.25) is 4.99 Å². The number of benzene rings is 1. The second kappa shape index (κ2) is 9.63. The number of aliphatic imine (C=N–C) groups is 1. The highest BCUT2D eigenvalue weighted by molar-refractivity contribution is 5.79. The molecule has 0 unspecified atom stereocenters. The predicted octanol–water partition coefficient (Wildman–Crippen LogP) is 4.05. The molecule has 2 aromatic rings. The van der Waals surface area contributed by atoms with Gasteiger partial charge in [0.1, 0.15) is 5.82 Å². The number of pyridine rings is 1. The van der Waals surface area contributed by atoms with E-state index in [1.807, 2.05) is 0 Å². The summed E-state index contributed by atoms with van der Waals surface area (Å²) in [5.74, 6) is -1.10. The first-order valence-corrected chi connectivity index (χ1v) is 8.42. The summed E-state index contributed by atoms with van der Waals surface area (Å²) in [4.78, 5) is 7.53. The minimum absolute atomic E-state index is 0.0834. The number of ether oxygens (including phenoxy) is 1. The van der Waals surface area contributed by atoms with Crippen LogP contribution in [-0.4, -0.2) is 30.8 Å². The van der Waals surface area contributed by atoms with Crippen LogP contribution in [0.1, 0.15) is 16.7 Å². The maximum absolute atomic E-state index is 13.2. The van der Waals surface area contributed by atoms with Gasteiger partial charge in [0.05, 0.1) is 5.56 Å². The van der Waals surface area contributed by atoms with Crippen LogP contribution in [-0.2, 0) is 19.3 Å². The molecule has 1 heterocycles. The molecule has 2 N–H and O–H groups in total. The molecule has 164 valence electrons. The van der Waals surface area contributed by atoms with E-state index in [2.05, 4.69) is 25.3 Å². The number of aromatic nitrogens is 1. The zero-order valence-electron chi connectivity index (χ0n) is 15.5. The van der Waals surface area contributed by atoms with E-state index in [0.29, 0.717) is 11.6 Å². The Kier molecular flexibility index (Phi) is 7.46. The Balaban J connectivity index is 1.97. The zero-order chi connectivity index (χ0) is 22.4. The summed E-state index contributed by atoms with van der Waals surface area (Å²) in [6.07, 6.45) is -7.97. The average Bonchev–Trinajstić information content (AvgIpc) is 2.66. The minimum atomic E-state index is -4.72. The Morgan fingerprint density at radius 2 is 1.73 bits per heavy atom. The fraction of sp³-hybridized carbons (Fsp3) is 0.333. The number of nitrogens with zero attached hydrogens (tertiary/aromatic N) is 2. The van der Waals surface area contributed by atoms with Gasteiger partial charge in [-0.05, 0) is 29.3 Å². The van der Waals surface area contributed by atoms with Gasteiger partial charge in [0, 0.05) is 32.4 Å². The highest BCUT2D eigenvalue weighted by atomic mass is 19.4. The second-order valence-corrected chi connectivity index (χ2v) is 5.98. The molecule has 1 aromatic carbocycles. The lowest BCUT2D eigenvalue weighted by atomic mass is 10.1. The van der Waals surface area contributed by atoms with Crippen LogP contribution < -0.4 is 15.4 Å². The molecule has 0 aliphatic rings. The van der Waals surface area contributed by atoms with Crippen molar-refractivity contribution in [1.29, 1.82) is 0 Å². The van der Waals surface area contributed by atoms with Crippen molar-refractivity contribution >= 4 is 5.96 Å². The monoisotopic (exact) mass is 438 g/mol. The van der Waals surface area contributed by atoms with Crippen molar-refractivity contribution in [2.24, 2.45) is 4.99 Å². The minimum Gasteiger partial charge on any atom is -0.468 e. The first-order valence-electron chi connectivity index (χ1n) is 8.42. The second-order valence-electron chi connectivity index (χ2n) is 5.98. The molecule has 0 radical (unpaired) electrons. The maximum atomic E-state index is 13.2. The SMILES string of the molecule is CN=C(NCc1ccnc(OCC(F)(F)F)c1)NCc1ccc(F)cc1C(F)(F)F. The van der Waals surface area contributed by atoms with Gasteiger partial charge in [0.15, 0.2) is 12.6 Å². The molecule has 30 heavy (non-hydrogen) atoms. The van der Waals surface area contributed by atoms with Crippen LogP contribution in [0.25, 0.3) is 0 Å². The molecule has 0 saturated carbocycles. The molecule has 2 rings (SSSR count). The summed E-state index contributed by atoms with van der Waals surface area (Å²) in [5.41, 5.74) is -0.785. The van der Waals surface area contributed by atoms with Crippen LogP contribution >= 0.6 is 0 Å². The number of guanidine groups is 1. The molecule has 0 amide bonds. The van der Waals surface area contributed by atoms with E-state index in [1.54, 1.807) is 0 Å². The van der Waals surface area contributed by atoms with Crippen LogP contribution in [0.15, 0.2) is 41.5 Å². The average molecular weight is 438 g/mol. The predicted molar refractivity (Wildman–Crippen MR) is 94.2 cm³/mol. The van der Waals surface area contributed by atoms with Gasteiger partial charge in [-0.25, -0.2) is 9.37 Å². The van der Waals surface area contributed by atoms with Gasteiger partial charge in [0.25, 0.3) is 0 Å². The Labute approximate surface area is 167 Å². The number of halogens is 7. The third-order valence-corrected chi connectivity index (χ3v) is 3.69. The van der Waals surface area contributed by atoms with Gasteiger partial charge in [-0.15, -0.1) is 0 Å². The van der Waals surface area contributed by atoms with E-state index in [-0.39, 0.29) is 30.5 Å². The topological polar surface area (TPSA) is 58.5 Å². The zero-order valence-corrected chi connectivity index (χ0v) is 15.5. The van der Waals surface area contributed by atoms with Crippen molar-refractivity contribution in [3.05, 3.63) is 59.0 Å². The van der Waals surface area contributed by atoms with Crippen molar-refractivity contribution in [2.75, 3.05) is 13.7 Å². The molecule has 0 aliphatic carbocycles. The van der Waals surface area contributed by atoms with Gasteiger partial charge in [-0.2, -0.15) is 26.3 Å². The Morgan fingerprint density at radius 1 is 1.03 bits per heavy atom. The van der Waals surface area contributed by atoms with Crippen LogP contribution in [0.3, 0.4) is 0 Å². The van der Waals surface area contributed by atoms with Gasteiger partial charge in [0.2, 0.25) is 5.88 Å². The third-order valence-electron chi connectivity index (χ3n) is 3.69. The van der Waals surface area contributed by atoms with E-state index in [4.69, 9.17) is 0 Å². The first kappa shape index (κ1) is 23.2. The summed E-state index contributed by atoms with van der Waals surface area (Å²) < 4.78 is 93.5. The quantitative estimate of drug-likeness (QED) is 0.406. The van der Waals surface area contributed by atoms with Gasteiger partial charge in [-0.1, -0.05) is 6.07 Å². The molecule has 5 nitrogen and oxygen atoms in total. The van der Waals surface area contributed by atoms with E-state index in [0.717, 1.165) is 12.1 Å².